The number of hydrogen-bond acceptors (Lipinski definition) is 2. The number of hydrogen-bond donors (Lipinski definition) is 0. The zero-order chi connectivity index (χ0) is 9.97. The van der Waals surface area contributed by atoms with Crippen LogP contribution in [0.3, 0.4) is 0 Å². The first kappa shape index (κ1) is 11.3. The number of alkyl halides is 1. The maximum Gasteiger partial charge on any atom is 0.0197 e. The minimum atomic E-state index is 0.859. The Morgan fingerprint density at radius 2 is 2.29 bits per heavy atom. The molecule has 2 aliphatic rings. The third-order valence-electron chi connectivity index (χ3n) is 3.72. The highest BCUT2D eigenvalue weighted by molar-refractivity contribution is 9.09. The van der Waals surface area contributed by atoms with E-state index in [-0.39, 0.29) is 0 Å². The van der Waals surface area contributed by atoms with E-state index in [9.17, 15) is 0 Å². The lowest BCUT2D eigenvalue weighted by Gasteiger charge is -2.31. The molecular weight excluding hydrogens is 258 g/mol. The van der Waals surface area contributed by atoms with Crippen LogP contribution >= 0.6 is 27.7 Å². The smallest absolute Gasteiger partial charge is 0.0197 e. The Kier molecular flexibility index (Phi) is 4.21. The van der Waals surface area contributed by atoms with Gasteiger partial charge in [-0.05, 0) is 37.5 Å². The molecule has 0 bridgehead atoms. The van der Waals surface area contributed by atoms with Gasteiger partial charge in [0.1, 0.15) is 0 Å². The Hall–Kier alpha value is 0.790. The molecule has 0 aromatic rings. The lowest BCUT2D eigenvalue weighted by atomic mass is 10.00. The zero-order valence-corrected chi connectivity index (χ0v) is 11.3. The average molecular weight is 278 g/mol. The number of rotatable bonds is 3. The first-order chi connectivity index (χ1) is 6.86. The van der Waals surface area contributed by atoms with Gasteiger partial charge in [0.05, 0.1) is 0 Å². The number of nitrogens with zero attached hydrogens (tertiary/aromatic N) is 1. The summed E-state index contributed by atoms with van der Waals surface area (Å²) in [4.78, 5) is 2.80. The molecular formula is C11H20BrNS. The molecule has 0 saturated carbocycles. The molecule has 2 saturated heterocycles. The van der Waals surface area contributed by atoms with Crippen molar-refractivity contribution >= 4 is 27.7 Å². The second-order valence-corrected chi connectivity index (χ2v) is 6.23. The minimum absolute atomic E-state index is 0.859. The largest absolute Gasteiger partial charge is 0.296 e. The van der Waals surface area contributed by atoms with E-state index in [1.54, 1.807) is 0 Å². The molecule has 1 nitrogen and oxygen atoms in total. The normalized spacial score (nSPS) is 39.4. The molecule has 3 unspecified atom stereocenters. The molecule has 3 heteroatoms. The third-order valence-corrected chi connectivity index (χ3v) is 5.70. The fourth-order valence-corrected chi connectivity index (χ4v) is 4.92. The molecule has 0 N–H and O–H groups in total. The van der Waals surface area contributed by atoms with E-state index in [0.717, 1.165) is 18.0 Å². The fraction of sp³-hybridized carbons (Fsp3) is 1.00. The van der Waals surface area contributed by atoms with E-state index in [4.69, 9.17) is 0 Å². The molecule has 0 spiro atoms. The molecule has 82 valence electrons. The summed E-state index contributed by atoms with van der Waals surface area (Å²) in [5.74, 6) is 3.67. The SMILES string of the molecule is CCC1C(CBr)CCN1C1CCSC1. The number of likely N-dealkylation sites (tertiary alicyclic amines) is 1. The molecule has 2 aliphatic heterocycles. The van der Waals surface area contributed by atoms with Gasteiger partial charge in [0.15, 0.2) is 0 Å². The Bertz CT molecular complexity index is 182. The van der Waals surface area contributed by atoms with E-state index >= 15 is 0 Å². The van der Waals surface area contributed by atoms with Gasteiger partial charge in [-0.3, -0.25) is 4.90 Å². The number of halogens is 1. The molecule has 0 aromatic carbocycles. The lowest BCUT2D eigenvalue weighted by molar-refractivity contribution is 0.175. The van der Waals surface area contributed by atoms with Gasteiger partial charge in [-0.2, -0.15) is 11.8 Å². The van der Waals surface area contributed by atoms with Crippen molar-refractivity contribution in [3.05, 3.63) is 0 Å². The number of thioether (sulfide) groups is 1. The predicted octanol–water partition coefficient (Wildman–Crippen LogP) is 2.99. The summed E-state index contributed by atoms with van der Waals surface area (Å²) in [6.45, 7) is 3.70. The average Bonchev–Trinajstić information content (AvgIpc) is 2.85. The van der Waals surface area contributed by atoms with E-state index < -0.39 is 0 Å². The molecule has 0 aromatic heterocycles. The molecule has 0 amide bonds. The van der Waals surface area contributed by atoms with Crippen LogP contribution in [0.25, 0.3) is 0 Å². The summed E-state index contributed by atoms with van der Waals surface area (Å²) in [7, 11) is 0. The molecule has 3 atom stereocenters. The van der Waals surface area contributed by atoms with Gasteiger partial charge in [0.2, 0.25) is 0 Å². The van der Waals surface area contributed by atoms with Gasteiger partial charge in [0, 0.05) is 23.2 Å². The monoisotopic (exact) mass is 277 g/mol. The van der Waals surface area contributed by atoms with Crippen LogP contribution in [0.4, 0.5) is 0 Å². The van der Waals surface area contributed by atoms with Crippen molar-refractivity contribution in [1.29, 1.82) is 0 Å². The Morgan fingerprint density at radius 3 is 2.86 bits per heavy atom. The zero-order valence-electron chi connectivity index (χ0n) is 8.92. The lowest BCUT2D eigenvalue weighted by Crippen LogP contribution is -2.41. The molecule has 2 heterocycles. The molecule has 2 fully saturated rings. The fourth-order valence-electron chi connectivity index (χ4n) is 2.93. The summed E-state index contributed by atoms with van der Waals surface area (Å²) < 4.78 is 0. The Balaban J connectivity index is 1.97. The topological polar surface area (TPSA) is 3.24 Å². The summed E-state index contributed by atoms with van der Waals surface area (Å²) in [6.07, 6.45) is 4.17. The summed E-state index contributed by atoms with van der Waals surface area (Å²) in [5, 5.41) is 1.20. The highest BCUT2D eigenvalue weighted by Gasteiger charge is 2.37. The second-order valence-electron chi connectivity index (χ2n) is 4.43. The summed E-state index contributed by atoms with van der Waals surface area (Å²) in [6, 6.07) is 1.76. The van der Waals surface area contributed by atoms with Gasteiger partial charge in [-0.25, -0.2) is 0 Å². The van der Waals surface area contributed by atoms with E-state index in [0.29, 0.717) is 0 Å². The maximum atomic E-state index is 3.66. The van der Waals surface area contributed by atoms with Crippen LogP contribution < -0.4 is 0 Å². The molecule has 2 rings (SSSR count). The van der Waals surface area contributed by atoms with Crippen molar-refractivity contribution in [3.63, 3.8) is 0 Å². The quantitative estimate of drug-likeness (QED) is 0.730. The molecule has 0 aliphatic carbocycles. The van der Waals surface area contributed by atoms with Gasteiger partial charge >= 0.3 is 0 Å². The first-order valence-corrected chi connectivity index (χ1v) is 8.04. The van der Waals surface area contributed by atoms with Crippen LogP contribution in [0.2, 0.25) is 0 Å². The van der Waals surface area contributed by atoms with Gasteiger partial charge < -0.3 is 0 Å². The predicted molar refractivity (Wildman–Crippen MR) is 68.4 cm³/mol. The van der Waals surface area contributed by atoms with Crippen LogP contribution in [-0.4, -0.2) is 40.4 Å². The standard InChI is InChI=1S/C11H20BrNS/c1-2-11-9(7-12)3-5-13(11)10-4-6-14-8-10/h9-11H,2-8H2,1H3. The van der Waals surface area contributed by atoms with Crippen LogP contribution in [0.5, 0.6) is 0 Å². The van der Waals surface area contributed by atoms with Crippen LogP contribution in [0.15, 0.2) is 0 Å². The molecule has 14 heavy (non-hydrogen) atoms. The highest BCUT2D eigenvalue weighted by atomic mass is 79.9. The van der Waals surface area contributed by atoms with Gasteiger partial charge in [0.25, 0.3) is 0 Å². The second kappa shape index (κ2) is 5.22. The Labute approximate surface area is 100 Å². The van der Waals surface area contributed by atoms with Crippen molar-refractivity contribution in [2.45, 2.75) is 38.3 Å². The highest BCUT2D eigenvalue weighted by Crippen LogP contribution is 2.34. The van der Waals surface area contributed by atoms with Crippen molar-refractivity contribution in [3.8, 4) is 0 Å². The summed E-state index contributed by atoms with van der Waals surface area (Å²) in [5.41, 5.74) is 0. The maximum absolute atomic E-state index is 3.66. The van der Waals surface area contributed by atoms with Crippen molar-refractivity contribution in [1.82, 2.24) is 4.90 Å². The van der Waals surface area contributed by atoms with E-state index in [1.807, 2.05) is 0 Å². The van der Waals surface area contributed by atoms with Crippen LogP contribution in [-0.2, 0) is 0 Å². The molecule has 0 radical (unpaired) electrons. The van der Waals surface area contributed by atoms with Crippen molar-refractivity contribution in [2.75, 3.05) is 23.4 Å². The summed E-state index contributed by atoms with van der Waals surface area (Å²) >= 11 is 5.80. The first-order valence-electron chi connectivity index (χ1n) is 5.76. The van der Waals surface area contributed by atoms with Crippen molar-refractivity contribution < 1.29 is 0 Å². The van der Waals surface area contributed by atoms with E-state index in [2.05, 4.69) is 39.5 Å². The van der Waals surface area contributed by atoms with Gasteiger partial charge in [-0.15, -0.1) is 0 Å². The minimum Gasteiger partial charge on any atom is -0.296 e. The van der Waals surface area contributed by atoms with Crippen molar-refractivity contribution in [2.24, 2.45) is 5.92 Å². The Morgan fingerprint density at radius 1 is 1.43 bits per heavy atom. The van der Waals surface area contributed by atoms with Crippen LogP contribution in [0.1, 0.15) is 26.2 Å². The third kappa shape index (κ3) is 2.14. The van der Waals surface area contributed by atoms with Crippen LogP contribution in [0, 0.1) is 5.92 Å². The van der Waals surface area contributed by atoms with E-state index in [1.165, 1.54) is 42.6 Å². The van der Waals surface area contributed by atoms with Gasteiger partial charge in [-0.1, -0.05) is 22.9 Å².